The normalized spacial score (nSPS) is 23.7. The van der Waals surface area contributed by atoms with Gasteiger partial charge in [-0.05, 0) is 48.1 Å². The SMILES string of the molecule is CC1(C)[C@H](c2nc3ccccc3[nH]2)CC[C@@]1(C)C(=O)N/N=C\c1ccc(Br)cc1. The van der Waals surface area contributed by atoms with Crippen LogP contribution in [-0.4, -0.2) is 22.1 Å². The predicted octanol–water partition coefficient (Wildman–Crippen LogP) is 5.39. The van der Waals surface area contributed by atoms with Gasteiger partial charge in [0.25, 0.3) is 0 Å². The molecular weight excluding hydrogens is 428 g/mol. The fourth-order valence-electron chi connectivity index (χ4n) is 4.36. The van der Waals surface area contributed by atoms with Crippen LogP contribution in [0, 0.1) is 10.8 Å². The molecule has 6 heteroatoms. The van der Waals surface area contributed by atoms with Crippen molar-refractivity contribution in [2.24, 2.45) is 15.9 Å². The van der Waals surface area contributed by atoms with Gasteiger partial charge >= 0.3 is 0 Å². The quantitative estimate of drug-likeness (QED) is 0.411. The smallest absolute Gasteiger partial charge is 0.246 e. The number of carbonyl (C=O) groups excluding carboxylic acids is 1. The molecule has 3 aromatic rings. The Kier molecular flexibility index (Phi) is 5.07. The molecule has 4 rings (SSSR count). The van der Waals surface area contributed by atoms with Gasteiger partial charge in [0.15, 0.2) is 0 Å². The number of nitrogens with zero attached hydrogens (tertiary/aromatic N) is 2. The second-order valence-corrected chi connectivity index (χ2v) is 9.45. The van der Waals surface area contributed by atoms with Gasteiger partial charge in [0.05, 0.1) is 22.7 Å². The number of aromatic nitrogens is 2. The molecule has 0 saturated heterocycles. The monoisotopic (exact) mass is 452 g/mol. The molecule has 2 N–H and O–H groups in total. The highest BCUT2D eigenvalue weighted by molar-refractivity contribution is 9.10. The Morgan fingerprint density at radius 1 is 1.21 bits per heavy atom. The third-order valence-corrected chi connectivity index (χ3v) is 7.24. The number of hydrogen-bond donors (Lipinski definition) is 2. The number of halogens is 1. The van der Waals surface area contributed by atoms with E-state index in [9.17, 15) is 4.79 Å². The highest BCUT2D eigenvalue weighted by atomic mass is 79.9. The zero-order valence-electron chi connectivity index (χ0n) is 16.9. The third kappa shape index (κ3) is 3.50. The fourth-order valence-corrected chi connectivity index (χ4v) is 4.62. The lowest BCUT2D eigenvalue weighted by Crippen LogP contribution is -2.45. The van der Waals surface area contributed by atoms with Gasteiger partial charge in [-0.25, -0.2) is 10.4 Å². The van der Waals surface area contributed by atoms with Crippen molar-refractivity contribution in [1.82, 2.24) is 15.4 Å². The summed E-state index contributed by atoms with van der Waals surface area (Å²) in [4.78, 5) is 21.4. The highest BCUT2D eigenvalue weighted by Crippen LogP contribution is 2.59. The molecular formula is C23H25BrN4O. The Morgan fingerprint density at radius 3 is 2.66 bits per heavy atom. The van der Waals surface area contributed by atoms with Crippen LogP contribution < -0.4 is 5.43 Å². The number of H-pyrrole nitrogens is 1. The molecule has 0 spiro atoms. The predicted molar refractivity (Wildman–Crippen MR) is 120 cm³/mol. The highest BCUT2D eigenvalue weighted by Gasteiger charge is 2.57. The number of para-hydroxylation sites is 2. The number of fused-ring (bicyclic) bond motifs is 1. The molecule has 2 atom stereocenters. The Bertz CT molecular complexity index is 1040. The molecule has 1 heterocycles. The largest absolute Gasteiger partial charge is 0.342 e. The Morgan fingerprint density at radius 2 is 1.93 bits per heavy atom. The van der Waals surface area contributed by atoms with Crippen LogP contribution in [0.5, 0.6) is 0 Å². The summed E-state index contributed by atoms with van der Waals surface area (Å²) in [7, 11) is 0. The maximum Gasteiger partial charge on any atom is 0.246 e. The molecule has 29 heavy (non-hydrogen) atoms. The van der Waals surface area contributed by atoms with Gasteiger partial charge in [-0.15, -0.1) is 0 Å². The van der Waals surface area contributed by atoms with Crippen LogP contribution in [0.15, 0.2) is 58.1 Å². The van der Waals surface area contributed by atoms with Crippen LogP contribution in [0.3, 0.4) is 0 Å². The number of hydrogen-bond acceptors (Lipinski definition) is 3. The first-order valence-corrected chi connectivity index (χ1v) is 10.6. The number of imidazole rings is 1. The summed E-state index contributed by atoms with van der Waals surface area (Å²) in [5.41, 5.74) is 4.91. The van der Waals surface area contributed by atoms with Crippen molar-refractivity contribution in [2.45, 2.75) is 39.5 Å². The number of benzene rings is 2. The van der Waals surface area contributed by atoms with E-state index in [1.165, 1.54) is 0 Å². The maximum atomic E-state index is 13.1. The van der Waals surface area contributed by atoms with Crippen molar-refractivity contribution in [2.75, 3.05) is 0 Å². The molecule has 2 aromatic carbocycles. The number of rotatable bonds is 4. The molecule has 0 bridgehead atoms. The van der Waals surface area contributed by atoms with Gasteiger partial charge in [0.1, 0.15) is 5.82 Å². The van der Waals surface area contributed by atoms with Crippen LogP contribution in [0.4, 0.5) is 0 Å². The lowest BCUT2D eigenvalue weighted by molar-refractivity contribution is -0.135. The molecule has 150 valence electrons. The first kappa shape index (κ1) is 19.8. The molecule has 0 aliphatic heterocycles. The van der Waals surface area contributed by atoms with Gasteiger partial charge in [-0.1, -0.05) is 61.0 Å². The second-order valence-electron chi connectivity index (χ2n) is 8.53. The summed E-state index contributed by atoms with van der Waals surface area (Å²) in [6.45, 7) is 6.37. The van der Waals surface area contributed by atoms with E-state index >= 15 is 0 Å². The Hall–Kier alpha value is -2.47. The lowest BCUT2D eigenvalue weighted by Gasteiger charge is -2.39. The standard InChI is InChI=1S/C23H25BrN4O/c1-22(2)17(20-26-18-6-4-5-7-19(18)27-20)12-13-23(22,3)21(29)28-25-14-15-8-10-16(24)11-9-15/h4-11,14,17H,12-13H2,1-3H3,(H,26,27)(H,28,29)/b25-14-/t17-,23-/m0/s1. The van der Waals surface area contributed by atoms with Crippen LogP contribution in [0.2, 0.25) is 0 Å². The number of carbonyl (C=O) groups is 1. The van der Waals surface area contributed by atoms with Crippen molar-refractivity contribution in [1.29, 1.82) is 0 Å². The molecule has 5 nitrogen and oxygen atoms in total. The van der Waals surface area contributed by atoms with Crippen molar-refractivity contribution in [3.8, 4) is 0 Å². The van der Waals surface area contributed by atoms with Gasteiger partial charge < -0.3 is 4.98 Å². The van der Waals surface area contributed by atoms with E-state index in [2.05, 4.69) is 45.3 Å². The van der Waals surface area contributed by atoms with Crippen LogP contribution in [0.25, 0.3) is 11.0 Å². The minimum Gasteiger partial charge on any atom is -0.342 e. The average molecular weight is 453 g/mol. The molecule has 0 radical (unpaired) electrons. The average Bonchev–Trinajstić information content (AvgIpc) is 3.22. The summed E-state index contributed by atoms with van der Waals surface area (Å²) in [5.74, 6) is 1.10. The number of hydrazone groups is 1. The molecule has 1 aliphatic carbocycles. The van der Waals surface area contributed by atoms with E-state index in [1.807, 2.05) is 55.5 Å². The molecule has 1 saturated carbocycles. The number of amides is 1. The van der Waals surface area contributed by atoms with Gasteiger partial charge in [0.2, 0.25) is 5.91 Å². The topological polar surface area (TPSA) is 70.1 Å². The second kappa shape index (κ2) is 7.41. The Balaban J connectivity index is 1.52. The van der Waals surface area contributed by atoms with Crippen LogP contribution >= 0.6 is 15.9 Å². The van der Waals surface area contributed by atoms with Crippen LogP contribution in [0.1, 0.15) is 50.9 Å². The molecule has 1 aliphatic rings. The molecule has 1 fully saturated rings. The number of nitrogens with one attached hydrogen (secondary N) is 2. The molecule has 0 unspecified atom stereocenters. The van der Waals surface area contributed by atoms with E-state index in [0.717, 1.165) is 39.7 Å². The fraction of sp³-hybridized carbons (Fsp3) is 0.348. The van der Waals surface area contributed by atoms with E-state index in [0.29, 0.717) is 0 Å². The zero-order chi connectivity index (χ0) is 20.6. The van der Waals surface area contributed by atoms with Crippen molar-refractivity contribution in [3.05, 3.63) is 64.4 Å². The summed E-state index contributed by atoms with van der Waals surface area (Å²) >= 11 is 3.42. The van der Waals surface area contributed by atoms with Crippen molar-refractivity contribution >= 4 is 39.1 Å². The van der Waals surface area contributed by atoms with Gasteiger partial charge in [-0.2, -0.15) is 5.10 Å². The maximum absolute atomic E-state index is 13.1. The van der Waals surface area contributed by atoms with E-state index in [1.54, 1.807) is 6.21 Å². The minimum atomic E-state index is -0.534. The third-order valence-electron chi connectivity index (χ3n) is 6.71. The summed E-state index contributed by atoms with van der Waals surface area (Å²) < 4.78 is 1.01. The zero-order valence-corrected chi connectivity index (χ0v) is 18.5. The lowest BCUT2D eigenvalue weighted by atomic mass is 9.65. The summed E-state index contributed by atoms with van der Waals surface area (Å²) in [5, 5.41) is 4.20. The molecule has 1 amide bonds. The van der Waals surface area contributed by atoms with E-state index in [-0.39, 0.29) is 17.2 Å². The van der Waals surface area contributed by atoms with Crippen LogP contribution in [-0.2, 0) is 4.79 Å². The van der Waals surface area contributed by atoms with Crippen molar-refractivity contribution in [3.63, 3.8) is 0 Å². The van der Waals surface area contributed by atoms with E-state index < -0.39 is 5.41 Å². The Labute approximate surface area is 179 Å². The number of aromatic amines is 1. The van der Waals surface area contributed by atoms with Gasteiger partial charge in [-0.3, -0.25) is 4.79 Å². The summed E-state index contributed by atoms with van der Waals surface area (Å²) in [6, 6.07) is 15.8. The molecule has 1 aromatic heterocycles. The van der Waals surface area contributed by atoms with Gasteiger partial charge in [0, 0.05) is 10.4 Å². The summed E-state index contributed by atoms with van der Waals surface area (Å²) in [6.07, 6.45) is 3.38. The first-order valence-electron chi connectivity index (χ1n) is 9.85. The minimum absolute atomic E-state index is 0.0468. The first-order chi connectivity index (χ1) is 13.8. The van der Waals surface area contributed by atoms with Crippen molar-refractivity contribution < 1.29 is 4.79 Å². The van der Waals surface area contributed by atoms with E-state index in [4.69, 9.17) is 4.98 Å².